The van der Waals surface area contributed by atoms with E-state index in [0.717, 1.165) is 12.1 Å². The van der Waals surface area contributed by atoms with Crippen LogP contribution < -0.4 is 10.1 Å². The van der Waals surface area contributed by atoms with Gasteiger partial charge in [0.15, 0.2) is 11.9 Å². The van der Waals surface area contributed by atoms with E-state index in [4.69, 9.17) is 16.3 Å². The van der Waals surface area contributed by atoms with Crippen molar-refractivity contribution in [3.05, 3.63) is 63.4 Å². The molecule has 1 amide bonds. The Balaban J connectivity index is 2.10. The summed E-state index contributed by atoms with van der Waals surface area (Å²) in [7, 11) is 0. The maximum Gasteiger partial charge on any atom is 0.310 e. The van der Waals surface area contributed by atoms with Gasteiger partial charge in [-0.15, -0.1) is 0 Å². The van der Waals surface area contributed by atoms with E-state index in [1.165, 1.54) is 31.2 Å². The topological polar surface area (TPSA) is 81.5 Å². The first-order valence-corrected chi connectivity index (χ1v) is 6.92. The smallest absolute Gasteiger partial charge is 0.310 e. The fourth-order valence-electron chi connectivity index (χ4n) is 1.78. The summed E-state index contributed by atoms with van der Waals surface area (Å²) in [4.78, 5) is 22.4. The molecule has 0 aliphatic heterocycles. The van der Waals surface area contributed by atoms with E-state index in [1.54, 1.807) is 6.07 Å². The molecule has 120 valence electrons. The van der Waals surface area contributed by atoms with Gasteiger partial charge in [-0.25, -0.2) is 4.39 Å². The molecule has 0 aliphatic rings. The van der Waals surface area contributed by atoms with Crippen LogP contribution >= 0.6 is 11.6 Å². The number of halogens is 2. The number of nitrogens with one attached hydrogen (secondary N) is 1. The molecule has 8 heteroatoms. The summed E-state index contributed by atoms with van der Waals surface area (Å²) in [5, 5.41) is 13.4. The van der Waals surface area contributed by atoms with Crippen molar-refractivity contribution < 1.29 is 18.8 Å². The van der Waals surface area contributed by atoms with E-state index in [2.05, 4.69) is 5.32 Å². The van der Waals surface area contributed by atoms with Crippen LogP contribution in [0.2, 0.25) is 5.02 Å². The number of nitro groups is 1. The van der Waals surface area contributed by atoms with Crippen molar-refractivity contribution in [2.24, 2.45) is 0 Å². The molecule has 23 heavy (non-hydrogen) atoms. The molecular formula is C15H12ClFN2O4. The zero-order valence-electron chi connectivity index (χ0n) is 12.0. The molecule has 0 aliphatic carbocycles. The molecule has 0 heterocycles. The van der Waals surface area contributed by atoms with Gasteiger partial charge in [0.25, 0.3) is 5.91 Å². The van der Waals surface area contributed by atoms with Crippen molar-refractivity contribution >= 4 is 28.9 Å². The van der Waals surface area contributed by atoms with Crippen LogP contribution in [0, 0.1) is 15.9 Å². The van der Waals surface area contributed by atoms with E-state index in [-0.39, 0.29) is 22.1 Å². The highest BCUT2D eigenvalue weighted by atomic mass is 35.5. The highest BCUT2D eigenvalue weighted by Gasteiger charge is 2.21. The van der Waals surface area contributed by atoms with Crippen molar-refractivity contribution in [2.75, 3.05) is 5.32 Å². The van der Waals surface area contributed by atoms with Gasteiger partial charge in [0.1, 0.15) is 5.82 Å². The number of hydrogen-bond acceptors (Lipinski definition) is 4. The minimum Gasteiger partial charge on any atom is -0.474 e. The maximum atomic E-state index is 13.0. The van der Waals surface area contributed by atoms with Crippen LogP contribution in [0.3, 0.4) is 0 Å². The monoisotopic (exact) mass is 338 g/mol. The van der Waals surface area contributed by atoms with Crippen LogP contribution in [-0.2, 0) is 4.79 Å². The molecule has 6 nitrogen and oxygen atoms in total. The Hall–Kier alpha value is -2.67. The van der Waals surface area contributed by atoms with Gasteiger partial charge in [-0.3, -0.25) is 14.9 Å². The third-order valence-electron chi connectivity index (χ3n) is 2.92. The number of carbonyl (C=O) groups is 1. The molecule has 0 saturated carbocycles. The van der Waals surface area contributed by atoms with Gasteiger partial charge in [0.2, 0.25) is 0 Å². The number of amides is 1. The predicted molar refractivity (Wildman–Crippen MR) is 83.2 cm³/mol. The number of rotatable bonds is 5. The lowest BCUT2D eigenvalue weighted by atomic mass is 10.2. The lowest BCUT2D eigenvalue weighted by molar-refractivity contribution is -0.386. The summed E-state index contributed by atoms with van der Waals surface area (Å²) in [6, 6.07) is 9.24. The fraction of sp³-hybridized carbons (Fsp3) is 0.133. The van der Waals surface area contributed by atoms with Gasteiger partial charge >= 0.3 is 5.69 Å². The van der Waals surface area contributed by atoms with E-state index < -0.39 is 22.8 Å². The molecule has 0 radical (unpaired) electrons. The Morgan fingerprint density at radius 1 is 1.35 bits per heavy atom. The second kappa shape index (κ2) is 7.06. The van der Waals surface area contributed by atoms with Gasteiger partial charge in [-0.1, -0.05) is 23.7 Å². The molecule has 1 N–H and O–H groups in total. The van der Waals surface area contributed by atoms with Gasteiger partial charge < -0.3 is 10.1 Å². The second-order valence-electron chi connectivity index (χ2n) is 4.60. The zero-order chi connectivity index (χ0) is 17.0. The second-order valence-corrected chi connectivity index (χ2v) is 5.01. The molecule has 0 fully saturated rings. The summed E-state index contributed by atoms with van der Waals surface area (Å²) in [6.45, 7) is 1.43. The number of nitro benzene ring substituents is 1. The molecule has 0 saturated heterocycles. The largest absolute Gasteiger partial charge is 0.474 e. The molecule has 0 bridgehead atoms. The zero-order valence-corrected chi connectivity index (χ0v) is 12.7. The molecule has 1 unspecified atom stereocenters. The Labute approximate surface area is 136 Å². The van der Waals surface area contributed by atoms with Crippen LogP contribution in [-0.4, -0.2) is 16.9 Å². The van der Waals surface area contributed by atoms with E-state index in [9.17, 15) is 19.3 Å². The Kier molecular flexibility index (Phi) is 5.13. The number of benzene rings is 2. The van der Waals surface area contributed by atoms with Gasteiger partial charge in [0.05, 0.1) is 15.6 Å². The molecule has 2 aromatic carbocycles. The molecule has 0 aromatic heterocycles. The first-order valence-electron chi connectivity index (χ1n) is 6.54. The number of carbonyl (C=O) groups excluding carboxylic acids is 1. The average Bonchev–Trinajstić information content (AvgIpc) is 2.50. The number of ether oxygens (including phenoxy) is 1. The van der Waals surface area contributed by atoms with Crippen LogP contribution in [0.4, 0.5) is 15.8 Å². The Bertz CT molecular complexity index is 754. The minimum atomic E-state index is -1.02. The predicted octanol–water partition coefficient (Wildman–Crippen LogP) is 3.79. The van der Waals surface area contributed by atoms with Crippen LogP contribution in [0.1, 0.15) is 6.92 Å². The number of anilines is 1. The first kappa shape index (κ1) is 16.7. The first-order chi connectivity index (χ1) is 10.9. The number of nitrogens with zero attached hydrogens (tertiary/aromatic N) is 1. The summed E-state index contributed by atoms with van der Waals surface area (Å²) >= 11 is 5.82. The Morgan fingerprint density at radius 3 is 2.70 bits per heavy atom. The standard InChI is InChI=1S/C15H12ClFN2O4/c1-9(23-14-5-3-2-4-13(14)19(21)22)15(20)18-12-7-6-10(17)8-11(12)16/h2-9H,1H3,(H,18,20). The fourth-order valence-corrected chi connectivity index (χ4v) is 1.99. The van der Waals surface area contributed by atoms with Crippen molar-refractivity contribution in [1.29, 1.82) is 0 Å². The third-order valence-corrected chi connectivity index (χ3v) is 3.24. The van der Waals surface area contributed by atoms with Crippen molar-refractivity contribution in [1.82, 2.24) is 0 Å². The molecule has 2 rings (SSSR count). The van der Waals surface area contributed by atoms with E-state index >= 15 is 0 Å². The Morgan fingerprint density at radius 2 is 2.04 bits per heavy atom. The summed E-state index contributed by atoms with van der Waals surface area (Å²) in [6.07, 6.45) is -1.02. The summed E-state index contributed by atoms with van der Waals surface area (Å²) in [5.74, 6) is -1.13. The minimum absolute atomic E-state index is 0.0228. The average molecular weight is 339 g/mol. The van der Waals surface area contributed by atoms with Gasteiger partial charge in [-0.2, -0.15) is 0 Å². The number of para-hydroxylation sites is 2. The molecule has 0 spiro atoms. The SMILES string of the molecule is CC(Oc1ccccc1[N+](=O)[O-])C(=O)Nc1ccc(F)cc1Cl. The van der Waals surface area contributed by atoms with E-state index in [1.807, 2.05) is 0 Å². The van der Waals surface area contributed by atoms with Gasteiger partial charge in [-0.05, 0) is 31.2 Å². The lowest BCUT2D eigenvalue weighted by Crippen LogP contribution is -2.30. The van der Waals surface area contributed by atoms with Crippen molar-refractivity contribution in [3.63, 3.8) is 0 Å². The lowest BCUT2D eigenvalue weighted by Gasteiger charge is -2.15. The van der Waals surface area contributed by atoms with Crippen LogP contribution in [0.15, 0.2) is 42.5 Å². The van der Waals surface area contributed by atoms with Gasteiger partial charge in [0, 0.05) is 6.07 Å². The summed E-state index contributed by atoms with van der Waals surface area (Å²) in [5.41, 5.74) is -0.0250. The molecule has 2 aromatic rings. The number of hydrogen-bond donors (Lipinski definition) is 1. The third kappa shape index (κ3) is 4.17. The van der Waals surface area contributed by atoms with Crippen molar-refractivity contribution in [2.45, 2.75) is 13.0 Å². The highest BCUT2D eigenvalue weighted by molar-refractivity contribution is 6.33. The quantitative estimate of drug-likeness (QED) is 0.664. The summed E-state index contributed by atoms with van der Waals surface area (Å²) < 4.78 is 18.3. The van der Waals surface area contributed by atoms with E-state index in [0.29, 0.717) is 0 Å². The molecule has 1 atom stereocenters. The highest BCUT2D eigenvalue weighted by Crippen LogP contribution is 2.27. The van der Waals surface area contributed by atoms with Crippen LogP contribution in [0.25, 0.3) is 0 Å². The molecular weight excluding hydrogens is 327 g/mol. The maximum absolute atomic E-state index is 13.0. The van der Waals surface area contributed by atoms with Crippen molar-refractivity contribution in [3.8, 4) is 5.75 Å². The normalized spacial score (nSPS) is 11.6. The van der Waals surface area contributed by atoms with Crippen LogP contribution in [0.5, 0.6) is 5.75 Å².